The smallest absolute Gasteiger partial charge is 0.235 e. The van der Waals surface area contributed by atoms with E-state index in [0.29, 0.717) is 42.2 Å². The van der Waals surface area contributed by atoms with Gasteiger partial charge in [0.15, 0.2) is 0 Å². The summed E-state index contributed by atoms with van der Waals surface area (Å²) in [6.45, 7) is 4.26. The Bertz CT molecular complexity index is 403. The van der Waals surface area contributed by atoms with Crippen molar-refractivity contribution in [3.63, 3.8) is 0 Å². The summed E-state index contributed by atoms with van der Waals surface area (Å²) >= 11 is 4.22. The lowest BCUT2D eigenvalue weighted by Crippen LogP contribution is -2.27. The molecule has 2 heterocycles. The van der Waals surface area contributed by atoms with E-state index in [9.17, 15) is 4.79 Å². The van der Waals surface area contributed by atoms with E-state index in [4.69, 9.17) is 0 Å². The van der Waals surface area contributed by atoms with E-state index in [0.717, 1.165) is 0 Å². The third-order valence-electron chi connectivity index (χ3n) is 2.55. The number of amides is 1. The van der Waals surface area contributed by atoms with E-state index >= 15 is 0 Å². The number of carbonyl (C=O) groups is 1. The fraction of sp³-hybridized carbons (Fsp3) is 0.600. The summed E-state index contributed by atoms with van der Waals surface area (Å²) in [5.74, 6) is 2.84. The van der Waals surface area contributed by atoms with Crippen LogP contribution in [0.5, 0.6) is 0 Å². The first kappa shape index (κ1) is 11.3. The zero-order valence-corrected chi connectivity index (χ0v) is 10.2. The molecule has 0 spiro atoms. The van der Waals surface area contributed by atoms with Crippen LogP contribution in [0.15, 0.2) is 0 Å². The molecule has 16 heavy (non-hydrogen) atoms. The molecule has 0 N–H and O–H groups in total. The van der Waals surface area contributed by atoms with E-state index in [1.807, 2.05) is 0 Å². The number of hydrogen-bond donors (Lipinski definition) is 1. The molecule has 1 unspecified atom stereocenters. The van der Waals surface area contributed by atoms with Gasteiger partial charge in [0, 0.05) is 13.0 Å². The van der Waals surface area contributed by atoms with Gasteiger partial charge in [0.25, 0.3) is 0 Å². The molecule has 6 heteroatoms. The van der Waals surface area contributed by atoms with E-state index in [2.05, 4.69) is 27.6 Å². The first-order valence-electron chi connectivity index (χ1n) is 5.20. The van der Waals surface area contributed by atoms with Crippen molar-refractivity contribution < 1.29 is 4.79 Å². The molecular weight excluding hydrogens is 224 g/mol. The number of thiol groups is 1. The first-order valence-corrected chi connectivity index (χ1v) is 5.84. The minimum atomic E-state index is 0.0732. The molecule has 1 amide bonds. The highest BCUT2D eigenvalue weighted by Crippen LogP contribution is 2.22. The van der Waals surface area contributed by atoms with Gasteiger partial charge in [-0.1, -0.05) is 0 Å². The predicted molar refractivity (Wildman–Crippen MR) is 63.6 cm³/mol. The van der Waals surface area contributed by atoms with Gasteiger partial charge in [-0.15, -0.1) is 0 Å². The third kappa shape index (κ3) is 2.16. The number of nitrogens with zero attached hydrogens (tertiary/aromatic N) is 4. The summed E-state index contributed by atoms with van der Waals surface area (Å²) in [5, 5.41) is 0. The predicted octanol–water partition coefficient (Wildman–Crippen LogP) is 0.771. The maximum atomic E-state index is 11.8. The molecule has 0 aromatic carbocycles. The zero-order valence-electron chi connectivity index (χ0n) is 9.34. The van der Waals surface area contributed by atoms with Crippen LogP contribution < -0.4 is 4.90 Å². The fourth-order valence-corrected chi connectivity index (χ4v) is 2.06. The molecule has 86 valence electrons. The van der Waals surface area contributed by atoms with Gasteiger partial charge in [-0.25, -0.2) is 4.98 Å². The summed E-state index contributed by atoms with van der Waals surface area (Å²) in [5.41, 5.74) is 0. The van der Waals surface area contributed by atoms with Crippen LogP contribution in [0.2, 0.25) is 0 Å². The van der Waals surface area contributed by atoms with Crippen LogP contribution in [0.4, 0.5) is 5.95 Å². The molecule has 0 aliphatic carbocycles. The molecular formula is C10H14N4OS. The molecule has 1 saturated heterocycles. The second kappa shape index (κ2) is 4.37. The number of aryl methyl sites for hydroxylation is 2. The minimum Gasteiger partial charge on any atom is -0.280 e. The Morgan fingerprint density at radius 1 is 1.31 bits per heavy atom. The lowest BCUT2D eigenvalue weighted by molar-refractivity contribution is -0.117. The van der Waals surface area contributed by atoms with E-state index in [1.165, 1.54) is 0 Å². The Kier molecular flexibility index (Phi) is 3.09. The van der Waals surface area contributed by atoms with Gasteiger partial charge in [0.2, 0.25) is 11.9 Å². The van der Waals surface area contributed by atoms with Crippen LogP contribution >= 0.6 is 12.6 Å². The third-order valence-corrected chi connectivity index (χ3v) is 3.07. The van der Waals surface area contributed by atoms with E-state index in [-0.39, 0.29) is 5.91 Å². The average Bonchev–Trinajstić information content (AvgIpc) is 2.58. The molecule has 1 atom stereocenters. The molecule has 1 aliphatic rings. The molecule has 0 radical (unpaired) electrons. The Hall–Kier alpha value is -1.17. The second-order valence-corrected chi connectivity index (χ2v) is 4.35. The van der Waals surface area contributed by atoms with E-state index < -0.39 is 0 Å². The Balaban J connectivity index is 2.27. The summed E-state index contributed by atoms with van der Waals surface area (Å²) < 4.78 is 0. The molecule has 1 aliphatic heterocycles. The quantitative estimate of drug-likeness (QED) is 0.773. The van der Waals surface area contributed by atoms with Crippen molar-refractivity contribution in [1.29, 1.82) is 0 Å². The minimum absolute atomic E-state index is 0.0732. The van der Waals surface area contributed by atoms with Crippen LogP contribution in [0.1, 0.15) is 18.1 Å². The largest absolute Gasteiger partial charge is 0.280 e. The van der Waals surface area contributed by atoms with Gasteiger partial charge in [-0.2, -0.15) is 22.6 Å². The zero-order chi connectivity index (χ0) is 11.7. The van der Waals surface area contributed by atoms with E-state index in [1.54, 1.807) is 18.7 Å². The number of anilines is 1. The Morgan fingerprint density at radius 3 is 2.44 bits per heavy atom. The molecule has 2 rings (SSSR count). The van der Waals surface area contributed by atoms with Crippen LogP contribution in [-0.2, 0) is 4.79 Å². The maximum Gasteiger partial charge on any atom is 0.235 e. The summed E-state index contributed by atoms with van der Waals surface area (Å²) in [6.07, 6.45) is 0.535. The van der Waals surface area contributed by atoms with Crippen LogP contribution in [0.25, 0.3) is 0 Å². The molecule has 0 saturated carbocycles. The lowest BCUT2D eigenvalue weighted by atomic mass is 10.1. The normalized spacial score (nSPS) is 20.6. The number of aromatic nitrogens is 3. The van der Waals surface area contributed by atoms with Crippen molar-refractivity contribution in [3.05, 3.63) is 11.6 Å². The SMILES string of the molecule is Cc1nc(C)nc(N2CC(CS)CC2=O)n1. The number of hydrogen-bond acceptors (Lipinski definition) is 5. The van der Waals surface area contributed by atoms with Gasteiger partial charge in [0.05, 0.1) is 0 Å². The van der Waals surface area contributed by atoms with Crippen molar-refractivity contribution in [1.82, 2.24) is 15.0 Å². The average molecular weight is 238 g/mol. The maximum absolute atomic E-state index is 11.8. The number of carbonyl (C=O) groups excluding carboxylic acids is 1. The van der Waals surface area contributed by atoms with Crippen molar-refractivity contribution in [2.24, 2.45) is 5.92 Å². The van der Waals surface area contributed by atoms with Gasteiger partial charge in [0.1, 0.15) is 11.6 Å². The van der Waals surface area contributed by atoms with Crippen molar-refractivity contribution >= 4 is 24.5 Å². The standard InChI is InChI=1S/C10H14N4OS/c1-6-11-7(2)13-10(12-6)14-4-8(5-16)3-9(14)15/h8,16H,3-5H2,1-2H3. The van der Waals surface area contributed by atoms with Crippen molar-refractivity contribution in [2.75, 3.05) is 17.2 Å². The molecule has 1 fully saturated rings. The van der Waals surface area contributed by atoms with Gasteiger partial charge < -0.3 is 0 Å². The van der Waals surface area contributed by atoms with Crippen LogP contribution in [0.3, 0.4) is 0 Å². The van der Waals surface area contributed by atoms with Gasteiger partial charge >= 0.3 is 0 Å². The highest BCUT2D eigenvalue weighted by molar-refractivity contribution is 7.80. The summed E-state index contributed by atoms with van der Waals surface area (Å²) in [7, 11) is 0. The number of rotatable bonds is 2. The molecule has 0 bridgehead atoms. The summed E-state index contributed by atoms with van der Waals surface area (Å²) in [6, 6.07) is 0. The molecule has 5 nitrogen and oxygen atoms in total. The van der Waals surface area contributed by atoms with Crippen molar-refractivity contribution in [3.8, 4) is 0 Å². The van der Waals surface area contributed by atoms with Crippen molar-refractivity contribution in [2.45, 2.75) is 20.3 Å². The molecule has 1 aromatic heterocycles. The first-order chi connectivity index (χ1) is 7.60. The Labute approximate surface area is 99.7 Å². The van der Waals surface area contributed by atoms with Gasteiger partial charge in [-0.05, 0) is 25.5 Å². The highest BCUT2D eigenvalue weighted by Gasteiger charge is 2.31. The van der Waals surface area contributed by atoms with Crippen LogP contribution in [0, 0.1) is 19.8 Å². The molecule has 1 aromatic rings. The van der Waals surface area contributed by atoms with Gasteiger partial charge in [-0.3, -0.25) is 9.69 Å². The lowest BCUT2D eigenvalue weighted by Gasteiger charge is -2.14. The fourth-order valence-electron chi connectivity index (χ4n) is 1.82. The summed E-state index contributed by atoms with van der Waals surface area (Å²) in [4.78, 5) is 25.9. The Morgan fingerprint density at radius 2 is 1.94 bits per heavy atom. The highest BCUT2D eigenvalue weighted by atomic mass is 32.1. The monoisotopic (exact) mass is 238 g/mol. The second-order valence-electron chi connectivity index (χ2n) is 3.99. The van der Waals surface area contributed by atoms with Crippen LogP contribution in [-0.4, -0.2) is 33.2 Å². The topological polar surface area (TPSA) is 59.0 Å².